The maximum atomic E-state index is 12.1. The third-order valence-electron chi connectivity index (χ3n) is 3.93. The van der Waals surface area contributed by atoms with Crippen LogP contribution in [0.2, 0.25) is 0 Å². The van der Waals surface area contributed by atoms with Crippen molar-refractivity contribution in [2.75, 3.05) is 0 Å². The summed E-state index contributed by atoms with van der Waals surface area (Å²) < 4.78 is 0. The minimum absolute atomic E-state index is 0.333. The smallest absolute Gasteiger partial charge is 0.162 e. The number of carbonyl (C=O) groups excluding carboxylic acids is 1. The lowest BCUT2D eigenvalue weighted by atomic mass is 9.89. The van der Waals surface area contributed by atoms with Crippen molar-refractivity contribution in [3.8, 4) is 0 Å². The molecule has 1 aliphatic carbocycles. The Kier molecular flexibility index (Phi) is 4.98. The SMILES string of the molecule is CCCCCCC(=O)c1ccc2c(c1)CCCC2. The Labute approximate surface area is 111 Å². The van der Waals surface area contributed by atoms with Crippen molar-refractivity contribution in [1.29, 1.82) is 0 Å². The molecule has 1 aromatic rings. The molecule has 0 fully saturated rings. The largest absolute Gasteiger partial charge is 0.294 e. The van der Waals surface area contributed by atoms with Gasteiger partial charge >= 0.3 is 0 Å². The molecule has 1 aliphatic rings. The fourth-order valence-corrected chi connectivity index (χ4v) is 2.76. The van der Waals surface area contributed by atoms with Gasteiger partial charge in [-0.05, 0) is 49.3 Å². The summed E-state index contributed by atoms with van der Waals surface area (Å²) in [5.41, 5.74) is 3.82. The Hall–Kier alpha value is -1.11. The average Bonchev–Trinajstić information content (AvgIpc) is 2.43. The Morgan fingerprint density at radius 3 is 2.61 bits per heavy atom. The summed E-state index contributed by atoms with van der Waals surface area (Å²) in [6.07, 6.45) is 10.4. The topological polar surface area (TPSA) is 17.1 Å². The van der Waals surface area contributed by atoms with Gasteiger partial charge in [0.25, 0.3) is 0 Å². The molecule has 0 radical (unpaired) electrons. The molecule has 1 nitrogen and oxygen atoms in total. The number of hydrogen-bond acceptors (Lipinski definition) is 1. The first-order chi connectivity index (χ1) is 8.81. The van der Waals surface area contributed by atoms with Crippen LogP contribution in [-0.4, -0.2) is 5.78 Å². The number of hydrogen-bond donors (Lipinski definition) is 0. The highest BCUT2D eigenvalue weighted by molar-refractivity contribution is 5.96. The normalized spacial score (nSPS) is 14.3. The Morgan fingerprint density at radius 2 is 1.83 bits per heavy atom. The zero-order valence-corrected chi connectivity index (χ0v) is 11.5. The number of carbonyl (C=O) groups is 1. The van der Waals surface area contributed by atoms with Crippen molar-refractivity contribution in [3.05, 3.63) is 34.9 Å². The highest BCUT2D eigenvalue weighted by Crippen LogP contribution is 2.23. The molecule has 98 valence electrons. The van der Waals surface area contributed by atoms with Crippen LogP contribution in [0.25, 0.3) is 0 Å². The molecule has 0 unspecified atom stereocenters. The molecular weight excluding hydrogens is 220 g/mol. The first-order valence-electron chi connectivity index (χ1n) is 7.46. The van der Waals surface area contributed by atoms with Crippen LogP contribution in [0.1, 0.15) is 73.4 Å². The standard InChI is InChI=1S/C17H24O/c1-2-3-4-5-10-17(18)16-12-11-14-8-6-7-9-15(14)13-16/h11-13H,2-10H2,1H3. The van der Waals surface area contributed by atoms with Crippen LogP contribution >= 0.6 is 0 Å². The second-order valence-corrected chi connectivity index (χ2v) is 5.42. The summed E-state index contributed by atoms with van der Waals surface area (Å²) in [4.78, 5) is 12.1. The number of rotatable bonds is 6. The first-order valence-corrected chi connectivity index (χ1v) is 7.46. The second-order valence-electron chi connectivity index (χ2n) is 5.42. The number of unbranched alkanes of at least 4 members (excludes halogenated alkanes) is 3. The van der Waals surface area contributed by atoms with Crippen molar-refractivity contribution in [3.63, 3.8) is 0 Å². The Bertz CT molecular complexity index is 406. The number of benzene rings is 1. The monoisotopic (exact) mass is 244 g/mol. The van der Waals surface area contributed by atoms with Gasteiger partial charge in [-0.3, -0.25) is 4.79 Å². The van der Waals surface area contributed by atoms with Gasteiger partial charge in [0.15, 0.2) is 5.78 Å². The van der Waals surface area contributed by atoms with Gasteiger partial charge in [0, 0.05) is 12.0 Å². The summed E-state index contributed by atoms with van der Waals surface area (Å²) in [5.74, 6) is 0.333. The van der Waals surface area contributed by atoms with E-state index < -0.39 is 0 Å². The van der Waals surface area contributed by atoms with Crippen LogP contribution in [-0.2, 0) is 12.8 Å². The van der Waals surface area contributed by atoms with E-state index in [1.165, 1.54) is 49.7 Å². The molecule has 2 rings (SSSR count). The lowest BCUT2D eigenvalue weighted by Gasteiger charge is -2.16. The molecule has 1 heteroatoms. The predicted octanol–water partition coefficient (Wildman–Crippen LogP) is 4.72. The van der Waals surface area contributed by atoms with Gasteiger partial charge in [-0.2, -0.15) is 0 Å². The number of fused-ring (bicyclic) bond motifs is 1. The maximum Gasteiger partial charge on any atom is 0.162 e. The lowest BCUT2D eigenvalue weighted by molar-refractivity contribution is 0.0979. The highest BCUT2D eigenvalue weighted by atomic mass is 16.1. The first kappa shape index (κ1) is 13.3. The fraction of sp³-hybridized carbons (Fsp3) is 0.588. The van der Waals surface area contributed by atoms with Crippen molar-refractivity contribution in [2.24, 2.45) is 0 Å². The van der Waals surface area contributed by atoms with Gasteiger partial charge in [0.2, 0.25) is 0 Å². The van der Waals surface area contributed by atoms with Crippen LogP contribution in [0.5, 0.6) is 0 Å². The third kappa shape index (κ3) is 3.44. The minimum Gasteiger partial charge on any atom is -0.294 e. The van der Waals surface area contributed by atoms with Gasteiger partial charge in [-0.15, -0.1) is 0 Å². The van der Waals surface area contributed by atoms with Gasteiger partial charge in [0.1, 0.15) is 0 Å². The van der Waals surface area contributed by atoms with Crippen molar-refractivity contribution in [2.45, 2.75) is 64.7 Å². The van der Waals surface area contributed by atoms with Crippen molar-refractivity contribution >= 4 is 5.78 Å². The van der Waals surface area contributed by atoms with E-state index in [0.717, 1.165) is 24.8 Å². The average molecular weight is 244 g/mol. The zero-order valence-electron chi connectivity index (χ0n) is 11.5. The number of ketones is 1. The molecule has 0 atom stereocenters. The van der Waals surface area contributed by atoms with E-state index in [9.17, 15) is 4.79 Å². The van der Waals surface area contributed by atoms with E-state index in [4.69, 9.17) is 0 Å². The Balaban J connectivity index is 1.94. The molecule has 0 saturated heterocycles. The van der Waals surface area contributed by atoms with Crippen LogP contribution in [0, 0.1) is 0 Å². The third-order valence-corrected chi connectivity index (χ3v) is 3.93. The van der Waals surface area contributed by atoms with Gasteiger partial charge in [-0.25, -0.2) is 0 Å². The summed E-state index contributed by atoms with van der Waals surface area (Å²) in [6.45, 7) is 2.20. The zero-order chi connectivity index (χ0) is 12.8. The summed E-state index contributed by atoms with van der Waals surface area (Å²) >= 11 is 0. The highest BCUT2D eigenvalue weighted by Gasteiger charge is 2.12. The molecule has 1 aromatic carbocycles. The molecule has 0 bridgehead atoms. The predicted molar refractivity (Wildman–Crippen MR) is 76.2 cm³/mol. The van der Waals surface area contributed by atoms with Crippen LogP contribution in [0.3, 0.4) is 0 Å². The minimum atomic E-state index is 0.333. The van der Waals surface area contributed by atoms with Crippen LogP contribution < -0.4 is 0 Å². The molecular formula is C17H24O. The van der Waals surface area contributed by atoms with Crippen molar-refractivity contribution in [1.82, 2.24) is 0 Å². The van der Waals surface area contributed by atoms with Gasteiger partial charge in [0.05, 0.1) is 0 Å². The number of aryl methyl sites for hydroxylation is 2. The lowest BCUT2D eigenvalue weighted by Crippen LogP contribution is -2.06. The van der Waals surface area contributed by atoms with E-state index in [-0.39, 0.29) is 0 Å². The van der Waals surface area contributed by atoms with Crippen LogP contribution in [0.15, 0.2) is 18.2 Å². The fourth-order valence-electron chi connectivity index (χ4n) is 2.76. The molecule has 0 aliphatic heterocycles. The number of Topliss-reactive ketones (excluding diaryl/α,β-unsaturated/α-hetero) is 1. The maximum absolute atomic E-state index is 12.1. The summed E-state index contributed by atoms with van der Waals surface area (Å²) in [5, 5.41) is 0. The quantitative estimate of drug-likeness (QED) is 0.523. The van der Waals surface area contributed by atoms with E-state index in [0.29, 0.717) is 5.78 Å². The molecule has 0 heterocycles. The molecule has 0 saturated carbocycles. The van der Waals surface area contributed by atoms with Crippen LogP contribution in [0.4, 0.5) is 0 Å². The van der Waals surface area contributed by atoms with Gasteiger partial charge < -0.3 is 0 Å². The van der Waals surface area contributed by atoms with E-state index in [1.54, 1.807) is 0 Å². The molecule has 18 heavy (non-hydrogen) atoms. The molecule has 0 spiro atoms. The second kappa shape index (κ2) is 6.72. The summed E-state index contributed by atoms with van der Waals surface area (Å²) in [7, 11) is 0. The van der Waals surface area contributed by atoms with Crippen molar-refractivity contribution < 1.29 is 4.79 Å². The summed E-state index contributed by atoms with van der Waals surface area (Å²) in [6, 6.07) is 6.36. The molecule has 0 amide bonds. The van der Waals surface area contributed by atoms with E-state index in [1.807, 2.05) is 6.07 Å². The molecule has 0 aromatic heterocycles. The van der Waals surface area contributed by atoms with E-state index in [2.05, 4.69) is 19.1 Å². The Morgan fingerprint density at radius 1 is 1.06 bits per heavy atom. The van der Waals surface area contributed by atoms with Gasteiger partial charge in [-0.1, -0.05) is 38.3 Å². The molecule has 0 N–H and O–H groups in total. The van der Waals surface area contributed by atoms with E-state index >= 15 is 0 Å².